The fraction of sp³-hybridized carbons (Fsp3) is 0.455. The van der Waals surface area contributed by atoms with Crippen molar-refractivity contribution in [1.82, 2.24) is 14.4 Å². The van der Waals surface area contributed by atoms with Crippen LogP contribution in [0.2, 0.25) is 0 Å². The second-order valence-corrected chi connectivity index (χ2v) is 4.86. The molecule has 17 heavy (non-hydrogen) atoms. The van der Waals surface area contributed by atoms with Gasteiger partial charge in [-0.2, -0.15) is 13.2 Å². The minimum absolute atomic E-state index is 0.396. The molecule has 2 heterocycles. The Bertz CT molecular complexity index is 501. The second-order valence-electron chi connectivity index (χ2n) is 4.86. The minimum atomic E-state index is -4.46. The second kappa shape index (κ2) is 3.45. The van der Waals surface area contributed by atoms with Crippen LogP contribution < -0.4 is 0 Å². The van der Waals surface area contributed by atoms with Crippen LogP contribution in [0.4, 0.5) is 13.2 Å². The molecule has 92 valence electrons. The number of aromatic nitrogens is 3. The van der Waals surface area contributed by atoms with Gasteiger partial charge >= 0.3 is 6.18 Å². The predicted octanol–water partition coefficient (Wildman–Crippen LogP) is 3.05. The van der Waals surface area contributed by atoms with Gasteiger partial charge in [-0.3, -0.25) is 9.38 Å². The van der Waals surface area contributed by atoms with Crippen LogP contribution in [0.25, 0.3) is 5.52 Å². The van der Waals surface area contributed by atoms with Crippen LogP contribution in [0, 0.1) is 0 Å². The lowest BCUT2D eigenvalue weighted by Crippen LogP contribution is -2.13. The van der Waals surface area contributed by atoms with Gasteiger partial charge in [0.1, 0.15) is 0 Å². The van der Waals surface area contributed by atoms with Gasteiger partial charge in [0.25, 0.3) is 0 Å². The van der Waals surface area contributed by atoms with E-state index in [4.69, 9.17) is 0 Å². The van der Waals surface area contributed by atoms with E-state index < -0.39 is 17.4 Å². The Morgan fingerprint density at radius 3 is 2.35 bits per heavy atom. The maximum atomic E-state index is 12.8. The average Bonchev–Trinajstić information content (AvgIpc) is 2.55. The standard InChI is InChI=1S/C11H12F3N3/c1-10(2,3)8-7-6-15-4-5-17(7)9(16-8)11(12,13)14/h4-6H,1-3H3. The summed E-state index contributed by atoms with van der Waals surface area (Å²) in [6.07, 6.45) is -0.465. The number of imidazole rings is 1. The lowest BCUT2D eigenvalue weighted by Gasteiger charge is -2.15. The maximum Gasteiger partial charge on any atom is 0.450 e. The van der Waals surface area contributed by atoms with E-state index in [1.807, 2.05) is 20.8 Å². The van der Waals surface area contributed by atoms with Gasteiger partial charge in [0, 0.05) is 17.8 Å². The van der Waals surface area contributed by atoms with E-state index in [0.717, 1.165) is 4.40 Å². The molecular formula is C11H12F3N3. The van der Waals surface area contributed by atoms with Gasteiger partial charge in [-0.25, -0.2) is 4.98 Å². The molecule has 0 radical (unpaired) electrons. The Morgan fingerprint density at radius 2 is 1.82 bits per heavy atom. The molecule has 0 aliphatic carbocycles. The van der Waals surface area contributed by atoms with Crippen LogP contribution >= 0.6 is 0 Å². The molecule has 2 aromatic rings. The first-order valence-corrected chi connectivity index (χ1v) is 5.11. The molecule has 0 aromatic carbocycles. The van der Waals surface area contributed by atoms with E-state index in [1.165, 1.54) is 18.6 Å². The SMILES string of the molecule is CC(C)(C)c1nc(C(F)(F)F)n2ccncc12. The zero-order chi connectivity index (χ0) is 12.8. The summed E-state index contributed by atoms with van der Waals surface area (Å²) < 4.78 is 39.5. The van der Waals surface area contributed by atoms with Crippen LogP contribution in [0.5, 0.6) is 0 Å². The topological polar surface area (TPSA) is 30.2 Å². The molecule has 0 amide bonds. The first kappa shape index (κ1) is 11.9. The summed E-state index contributed by atoms with van der Waals surface area (Å²) in [6, 6.07) is 0. The maximum absolute atomic E-state index is 12.8. The number of alkyl halides is 3. The molecule has 2 rings (SSSR count). The van der Waals surface area contributed by atoms with Crippen LogP contribution in [-0.4, -0.2) is 14.4 Å². The molecule has 0 saturated carbocycles. The predicted molar refractivity (Wildman–Crippen MR) is 56.7 cm³/mol. The zero-order valence-electron chi connectivity index (χ0n) is 9.71. The molecule has 6 heteroatoms. The Labute approximate surface area is 96.3 Å². The molecule has 0 N–H and O–H groups in total. The summed E-state index contributed by atoms with van der Waals surface area (Å²) >= 11 is 0. The monoisotopic (exact) mass is 243 g/mol. The van der Waals surface area contributed by atoms with Crippen molar-refractivity contribution in [3.05, 3.63) is 30.1 Å². The first-order valence-electron chi connectivity index (χ1n) is 5.11. The van der Waals surface area contributed by atoms with Gasteiger partial charge < -0.3 is 0 Å². The van der Waals surface area contributed by atoms with E-state index in [-0.39, 0.29) is 0 Å². The highest BCUT2D eigenvalue weighted by molar-refractivity contribution is 5.54. The third-order valence-electron chi connectivity index (χ3n) is 2.41. The fourth-order valence-corrected chi connectivity index (χ4v) is 1.69. The van der Waals surface area contributed by atoms with Crippen molar-refractivity contribution in [3.8, 4) is 0 Å². The number of fused-ring (bicyclic) bond motifs is 1. The molecule has 3 nitrogen and oxygen atoms in total. The molecular weight excluding hydrogens is 231 g/mol. The third kappa shape index (κ3) is 1.99. The first-order chi connectivity index (χ1) is 7.71. The lowest BCUT2D eigenvalue weighted by molar-refractivity contribution is -0.145. The summed E-state index contributed by atoms with van der Waals surface area (Å²) in [7, 11) is 0. The number of hydrogen-bond acceptors (Lipinski definition) is 2. The molecule has 2 aromatic heterocycles. The van der Waals surface area contributed by atoms with Crippen LogP contribution in [-0.2, 0) is 11.6 Å². The van der Waals surface area contributed by atoms with Gasteiger partial charge in [-0.1, -0.05) is 20.8 Å². The number of nitrogens with zero attached hydrogens (tertiary/aromatic N) is 3. The smallest absolute Gasteiger partial charge is 0.293 e. The van der Waals surface area contributed by atoms with Gasteiger partial charge in [0.2, 0.25) is 5.82 Å². The van der Waals surface area contributed by atoms with Crippen molar-refractivity contribution in [3.63, 3.8) is 0 Å². The van der Waals surface area contributed by atoms with Crippen LogP contribution in [0.1, 0.15) is 32.3 Å². The molecule has 0 aliphatic heterocycles. The van der Waals surface area contributed by atoms with Crippen molar-refractivity contribution < 1.29 is 13.2 Å². The summed E-state index contributed by atoms with van der Waals surface area (Å²) in [5.41, 5.74) is 0.336. The fourth-order valence-electron chi connectivity index (χ4n) is 1.69. The Kier molecular flexibility index (Phi) is 2.41. The molecule has 0 atom stereocenters. The van der Waals surface area contributed by atoms with E-state index in [9.17, 15) is 13.2 Å². The van der Waals surface area contributed by atoms with E-state index in [1.54, 1.807) is 0 Å². The molecule has 0 saturated heterocycles. The van der Waals surface area contributed by atoms with Gasteiger partial charge in [0.15, 0.2) is 0 Å². The van der Waals surface area contributed by atoms with Gasteiger partial charge in [-0.15, -0.1) is 0 Å². The molecule has 0 unspecified atom stereocenters. The average molecular weight is 243 g/mol. The number of hydrogen-bond donors (Lipinski definition) is 0. The Morgan fingerprint density at radius 1 is 1.18 bits per heavy atom. The quantitative estimate of drug-likeness (QED) is 0.711. The highest BCUT2D eigenvalue weighted by atomic mass is 19.4. The Balaban J connectivity index is 2.81. The van der Waals surface area contributed by atoms with E-state index in [2.05, 4.69) is 9.97 Å². The van der Waals surface area contributed by atoms with Crippen LogP contribution in [0.15, 0.2) is 18.6 Å². The molecule has 0 spiro atoms. The number of rotatable bonds is 0. The number of halogens is 3. The van der Waals surface area contributed by atoms with Crippen molar-refractivity contribution >= 4 is 5.52 Å². The third-order valence-corrected chi connectivity index (χ3v) is 2.41. The van der Waals surface area contributed by atoms with Gasteiger partial charge in [-0.05, 0) is 0 Å². The van der Waals surface area contributed by atoms with Crippen molar-refractivity contribution in [2.45, 2.75) is 32.4 Å². The van der Waals surface area contributed by atoms with Crippen molar-refractivity contribution in [2.75, 3.05) is 0 Å². The van der Waals surface area contributed by atoms with Crippen LogP contribution in [0.3, 0.4) is 0 Å². The summed E-state index contributed by atoms with van der Waals surface area (Å²) in [5.74, 6) is -0.903. The zero-order valence-corrected chi connectivity index (χ0v) is 9.71. The summed E-state index contributed by atoms with van der Waals surface area (Å²) in [4.78, 5) is 7.58. The van der Waals surface area contributed by atoms with Crippen molar-refractivity contribution in [1.29, 1.82) is 0 Å². The highest BCUT2D eigenvalue weighted by Gasteiger charge is 2.38. The molecule has 0 fully saturated rings. The van der Waals surface area contributed by atoms with Crippen molar-refractivity contribution in [2.24, 2.45) is 0 Å². The minimum Gasteiger partial charge on any atom is -0.293 e. The largest absolute Gasteiger partial charge is 0.450 e. The van der Waals surface area contributed by atoms with E-state index in [0.29, 0.717) is 11.2 Å². The molecule has 0 aliphatic rings. The summed E-state index contributed by atoms with van der Waals surface area (Å²) in [5, 5.41) is 0. The molecule has 0 bridgehead atoms. The normalized spacial score (nSPS) is 13.3. The van der Waals surface area contributed by atoms with Gasteiger partial charge in [0.05, 0.1) is 17.4 Å². The summed E-state index contributed by atoms with van der Waals surface area (Å²) in [6.45, 7) is 5.47. The van der Waals surface area contributed by atoms with E-state index >= 15 is 0 Å². The lowest BCUT2D eigenvalue weighted by atomic mass is 9.92. The Hall–Kier alpha value is -1.59. The highest BCUT2D eigenvalue weighted by Crippen LogP contribution is 2.33.